The van der Waals surface area contributed by atoms with Crippen molar-refractivity contribution in [2.24, 2.45) is 11.8 Å². The molecule has 0 bridgehead atoms. The number of carbonyl (C=O) groups is 1. The standard InChI is InChI=1S/C7H12O.C6H11N/c1-5-3-4-6(2)7(5)8;1-3-5-7-6-4-2/h5-6H,3-4H2,1-2H3;3-4,7H,1-2,5-6H2. The summed E-state index contributed by atoms with van der Waals surface area (Å²) < 4.78 is 0. The number of rotatable bonds is 4. The van der Waals surface area contributed by atoms with Gasteiger partial charge in [0.25, 0.3) is 0 Å². The molecule has 0 spiro atoms. The molecule has 0 saturated heterocycles. The molecule has 0 aliphatic heterocycles. The Morgan fingerprint density at radius 1 is 1.20 bits per heavy atom. The van der Waals surface area contributed by atoms with Gasteiger partial charge in [0.2, 0.25) is 0 Å². The van der Waals surface area contributed by atoms with Gasteiger partial charge in [-0.2, -0.15) is 0 Å². The number of nitrogens with one attached hydrogen (secondary N) is 1. The van der Waals surface area contributed by atoms with Gasteiger partial charge in [-0.15, -0.1) is 13.2 Å². The van der Waals surface area contributed by atoms with E-state index in [-0.39, 0.29) is 0 Å². The second-order valence-electron chi connectivity index (χ2n) is 4.02. The first kappa shape index (κ1) is 14.1. The molecule has 2 nitrogen and oxygen atoms in total. The van der Waals surface area contributed by atoms with Crippen molar-refractivity contribution in [2.45, 2.75) is 26.7 Å². The molecular formula is C13H23NO. The van der Waals surface area contributed by atoms with E-state index in [4.69, 9.17) is 0 Å². The van der Waals surface area contributed by atoms with Gasteiger partial charge in [-0.1, -0.05) is 26.0 Å². The number of Topliss-reactive ketones (excluding diaryl/α,β-unsaturated/α-hetero) is 1. The molecule has 15 heavy (non-hydrogen) atoms. The number of hydrogen-bond donors (Lipinski definition) is 1. The van der Waals surface area contributed by atoms with Crippen LogP contribution in [0.2, 0.25) is 0 Å². The summed E-state index contributed by atoms with van der Waals surface area (Å²) in [6.45, 7) is 12.8. The van der Waals surface area contributed by atoms with Gasteiger partial charge in [-0.25, -0.2) is 0 Å². The average molecular weight is 209 g/mol. The molecule has 1 aliphatic carbocycles. The summed E-state index contributed by atoms with van der Waals surface area (Å²) in [6.07, 6.45) is 5.87. The second-order valence-corrected chi connectivity index (χ2v) is 4.02. The van der Waals surface area contributed by atoms with Crippen LogP contribution in [0, 0.1) is 11.8 Å². The highest BCUT2D eigenvalue weighted by Gasteiger charge is 2.26. The maximum absolute atomic E-state index is 10.9. The van der Waals surface area contributed by atoms with Crippen LogP contribution in [-0.2, 0) is 4.79 Å². The average Bonchev–Trinajstić information content (AvgIpc) is 2.52. The Bertz CT molecular complexity index is 191. The summed E-state index contributed by atoms with van der Waals surface area (Å²) in [6, 6.07) is 0. The summed E-state index contributed by atoms with van der Waals surface area (Å²) in [5.74, 6) is 1.17. The summed E-state index contributed by atoms with van der Waals surface area (Å²) in [5.41, 5.74) is 0. The van der Waals surface area contributed by atoms with Crippen molar-refractivity contribution in [1.82, 2.24) is 5.32 Å². The van der Waals surface area contributed by atoms with Gasteiger partial charge in [0.1, 0.15) is 5.78 Å². The Kier molecular flexibility index (Phi) is 7.92. The number of ketones is 1. The highest BCUT2D eigenvalue weighted by molar-refractivity contribution is 5.84. The zero-order valence-corrected chi connectivity index (χ0v) is 9.96. The minimum atomic E-state index is 0.352. The predicted molar refractivity (Wildman–Crippen MR) is 65.8 cm³/mol. The first-order chi connectivity index (χ1) is 7.13. The minimum absolute atomic E-state index is 0.352. The van der Waals surface area contributed by atoms with Crippen LogP contribution < -0.4 is 5.32 Å². The maximum atomic E-state index is 10.9. The largest absolute Gasteiger partial charge is 0.310 e. The fourth-order valence-electron chi connectivity index (χ4n) is 1.56. The fraction of sp³-hybridized carbons (Fsp3) is 0.615. The quantitative estimate of drug-likeness (QED) is 0.569. The van der Waals surface area contributed by atoms with E-state index in [0.29, 0.717) is 17.6 Å². The van der Waals surface area contributed by atoms with Crippen molar-refractivity contribution in [3.05, 3.63) is 25.3 Å². The molecule has 0 heterocycles. The van der Waals surface area contributed by atoms with Crippen LogP contribution in [0.15, 0.2) is 25.3 Å². The first-order valence-electron chi connectivity index (χ1n) is 5.59. The van der Waals surface area contributed by atoms with Crippen molar-refractivity contribution in [3.63, 3.8) is 0 Å². The Morgan fingerprint density at radius 2 is 1.60 bits per heavy atom. The van der Waals surface area contributed by atoms with Crippen molar-refractivity contribution < 1.29 is 4.79 Å². The molecule has 0 aromatic carbocycles. The second kappa shape index (κ2) is 8.42. The van der Waals surface area contributed by atoms with E-state index in [0.717, 1.165) is 25.9 Å². The lowest BCUT2D eigenvalue weighted by Gasteiger charge is -1.96. The third-order valence-corrected chi connectivity index (χ3v) is 2.58. The maximum Gasteiger partial charge on any atom is 0.138 e. The zero-order valence-electron chi connectivity index (χ0n) is 9.96. The molecule has 1 rings (SSSR count). The van der Waals surface area contributed by atoms with E-state index < -0.39 is 0 Å². The summed E-state index contributed by atoms with van der Waals surface area (Å²) >= 11 is 0. The van der Waals surface area contributed by atoms with Gasteiger partial charge in [0.05, 0.1) is 0 Å². The monoisotopic (exact) mass is 209 g/mol. The van der Waals surface area contributed by atoms with Crippen molar-refractivity contribution >= 4 is 5.78 Å². The van der Waals surface area contributed by atoms with Crippen LogP contribution in [0.3, 0.4) is 0 Å². The van der Waals surface area contributed by atoms with E-state index in [2.05, 4.69) is 18.5 Å². The lowest BCUT2D eigenvalue weighted by atomic mass is 10.1. The van der Waals surface area contributed by atoms with Crippen LogP contribution in [0.5, 0.6) is 0 Å². The van der Waals surface area contributed by atoms with E-state index in [1.807, 2.05) is 26.0 Å². The van der Waals surface area contributed by atoms with Gasteiger partial charge in [-0.3, -0.25) is 4.79 Å². The minimum Gasteiger partial charge on any atom is -0.310 e. The zero-order chi connectivity index (χ0) is 11.7. The van der Waals surface area contributed by atoms with Gasteiger partial charge < -0.3 is 5.32 Å². The van der Waals surface area contributed by atoms with Crippen LogP contribution >= 0.6 is 0 Å². The lowest BCUT2D eigenvalue weighted by Crippen LogP contribution is -2.11. The highest BCUT2D eigenvalue weighted by Crippen LogP contribution is 2.25. The van der Waals surface area contributed by atoms with Gasteiger partial charge in [0, 0.05) is 24.9 Å². The molecule has 1 N–H and O–H groups in total. The van der Waals surface area contributed by atoms with E-state index in [9.17, 15) is 4.79 Å². The number of carbonyl (C=O) groups excluding carboxylic acids is 1. The molecule has 86 valence electrons. The molecule has 1 saturated carbocycles. The molecule has 0 aromatic heterocycles. The van der Waals surface area contributed by atoms with Crippen molar-refractivity contribution in [3.8, 4) is 0 Å². The third-order valence-electron chi connectivity index (χ3n) is 2.58. The van der Waals surface area contributed by atoms with Crippen LogP contribution in [0.25, 0.3) is 0 Å². The Labute approximate surface area is 93.5 Å². The predicted octanol–water partition coefficient (Wildman–Crippen LogP) is 2.57. The fourth-order valence-corrected chi connectivity index (χ4v) is 1.56. The Balaban J connectivity index is 0.000000265. The molecule has 2 unspecified atom stereocenters. The van der Waals surface area contributed by atoms with Crippen LogP contribution in [-0.4, -0.2) is 18.9 Å². The van der Waals surface area contributed by atoms with Gasteiger partial charge in [0.15, 0.2) is 0 Å². The molecule has 0 radical (unpaired) electrons. The first-order valence-corrected chi connectivity index (χ1v) is 5.59. The third kappa shape index (κ3) is 6.24. The number of hydrogen-bond acceptors (Lipinski definition) is 2. The molecule has 0 aromatic rings. The Morgan fingerprint density at radius 3 is 1.80 bits per heavy atom. The smallest absolute Gasteiger partial charge is 0.138 e. The summed E-state index contributed by atoms with van der Waals surface area (Å²) in [4.78, 5) is 10.9. The highest BCUT2D eigenvalue weighted by atomic mass is 16.1. The molecule has 0 amide bonds. The Hall–Kier alpha value is -0.890. The van der Waals surface area contributed by atoms with Gasteiger partial charge >= 0.3 is 0 Å². The molecular weight excluding hydrogens is 186 g/mol. The normalized spacial score (nSPS) is 24.3. The molecule has 1 fully saturated rings. The summed E-state index contributed by atoms with van der Waals surface area (Å²) in [7, 11) is 0. The molecule has 1 aliphatic rings. The molecule has 2 heteroatoms. The molecule has 2 atom stereocenters. The topological polar surface area (TPSA) is 29.1 Å². The van der Waals surface area contributed by atoms with Gasteiger partial charge in [-0.05, 0) is 12.8 Å². The lowest BCUT2D eigenvalue weighted by molar-refractivity contribution is -0.122. The SMILES string of the molecule is C=CCNCC=C.CC1CCC(C)C1=O. The van der Waals surface area contributed by atoms with E-state index in [1.165, 1.54) is 0 Å². The van der Waals surface area contributed by atoms with E-state index in [1.54, 1.807) is 0 Å². The van der Waals surface area contributed by atoms with Crippen molar-refractivity contribution in [2.75, 3.05) is 13.1 Å². The van der Waals surface area contributed by atoms with Crippen LogP contribution in [0.4, 0.5) is 0 Å². The van der Waals surface area contributed by atoms with E-state index >= 15 is 0 Å². The van der Waals surface area contributed by atoms with Crippen LogP contribution in [0.1, 0.15) is 26.7 Å². The van der Waals surface area contributed by atoms with Crippen molar-refractivity contribution in [1.29, 1.82) is 0 Å². The summed E-state index contributed by atoms with van der Waals surface area (Å²) in [5, 5.41) is 3.05.